The number of carbonyl (C=O) groups excluding carboxylic acids is 1. The van der Waals surface area contributed by atoms with E-state index in [1.54, 1.807) is 0 Å². The quantitative estimate of drug-likeness (QED) is 0.798. The van der Waals surface area contributed by atoms with E-state index in [9.17, 15) is 4.79 Å². The smallest absolute Gasteiger partial charge is 0.410 e. The third-order valence-electron chi connectivity index (χ3n) is 4.38. The molecule has 3 heterocycles. The van der Waals surface area contributed by atoms with Crippen molar-refractivity contribution >= 4 is 11.8 Å². The molecule has 1 fully saturated rings. The molecular formula is C16H23N3O2. The predicted molar refractivity (Wildman–Crippen MR) is 81.4 cm³/mol. The molecule has 0 saturated carbocycles. The molecule has 3 rings (SSSR count). The molecule has 2 aliphatic rings. The van der Waals surface area contributed by atoms with Gasteiger partial charge >= 0.3 is 6.09 Å². The number of aromatic nitrogens is 1. The number of nitrogens with one attached hydrogen (secondary N) is 1. The molecule has 5 heteroatoms. The number of rotatable bonds is 0. The number of nitrogens with zero attached hydrogens (tertiary/aromatic N) is 2. The average Bonchev–Trinajstić information content (AvgIpc) is 2.77. The van der Waals surface area contributed by atoms with Gasteiger partial charge in [0, 0.05) is 31.2 Å². The SMILES string of the molecule is CC(C)(C)OC(=O)N1CCC2(CC1)CNc1cnccc12. The molecule has 1 amide bonds. The minimum absolute atomic E-state index is 0.150. The van der Waals surface area contributed by atoms with Gasteiger partial charge in [0.2, 0.25) is 0 Å². The molecule has 0 bridgehead atoms. The summed E-state index contributed by atoms with van der Waals surface area (Å²) in [6, 6.07) is 2.11. The zero-order chi connectivity index (χ0) is 15.1. The van der Waals surface area contributed by atoms with E-state index in [0.29, 0.717) is 0 Å². The summed E-state index contributed by atoms with van der Waals surface area (Å²) >= 11 is 0. The number of hydrogen-bond donors (Lipinski definition) is 1. The van der Waals surface area contributed by atoms with Gasteiger partial charge in [-0.15, -0.1) is 0 Å². The van der Waals surface area contributed by atoms with Gasteiger partial charge in [0.05, 0.1) is 11.9 Å². The van der Waals surface area contributed by atoms with Crippen LogP contribution in [0.4, 0.5) is 10.5 Å². The van der Waals surface area contributed by atoms with Crippen molar-refractivity contribution in [1.82, 2.24) is 9.88 Å². The molecule has 1 aromatic rings. The van der Waals surface area contributed by atoms with E-state index < -0.39 is 5.60 Å². The Morgan fingerprint density at radius 2 is 2.10 bits per heavy atom. The Labute approximate surface area is 125 Å². The van der Waals surface area contributed by atoms with Crippen LogP contribution in [0.2, 0.25) is 0 Å². The first-order valence-electron chi connectivity index (χ1n) is 7.56. The van der Waals surface area contributed by atoms with Crippen molar-refractivity contribution in [2.75, 3.05) is 25.0 Å². The van der Waals surface area contributed by atoms with Gasteiger partial charge < -0.3 is 15.0 Å². The van der Waals surface area contributed by atoms with Crippen molar-refractivity contribution in [3.8, 4) is 0 Å². The van der Waals surface area contributed by atoms with Crippen LogP contribution < -0.4 is 5.32 Å². The first-order valence-corrected chi connectivity index (χ1v) is 7.56. The minimum Gasteiger partial charge on any atom is -0.444 e. The molecule has 2 aliphatic heterocycles. The molecule has 114 valence electrons. The predicted octanol–water partition coefficient (Wildman–Crippen LogP) is 2.78. The normalized spacial score (nSPS) is 20.0. The Hall–Kier alpha value is -1.78. The number of likely N-dealkylation sites (tertiary alicyclic amines) is 1. The molecule has 0 aliphatic carbocycles. The highest BCUT2D eigenvalue weighted by atomic mass is 16.6. The highest BCUT2D eigenvalue weighted by Gasteiger charge is 2.42. The summed E-state index contributed by atoms with van der Waals surface area (Å²) in [6.45, 7) is 8.15. The van der Waals surface area contributed by atoms with Gasteiger partial charge in [0.25, 0.3) is 0 Å². The summed E-state index contributed by atoms with van der Waals surface area (Å²) in [6.07, 6.45) is 5.49. The van der Waals surface area contributed by atoms with Crippen LogP contribution in [-0.2, 0) is 10.2 Å². The molecular weight excluding hydrogens is 266 g/mol. The number of ether oxygens (including phenoxy) is 1. The van der Waals surface area contributed by atoms with E-state index in [4.69, 9.17) is 4.74 Å². The van der Waals surface area contributed by atoms with Crippen LogP contribution in [0.3, 0.4) is 0 Å². The molecule has 0 unspecified atom stereocenters. The van der Waals surface area contributed by atoms with Crippen LogP contribution in [0, 0.1) is 0 Å². The van der Waals surface area contributed by atoms with E-state index >= 15 is 0 Å². The molecule has 1 aromatic heterocycles. The molecule has 1 N–H and O–H groups in total. The Balaban J connectivity index is 1.68. The van der Waals surface area contributed by atoms with Gasteiger partial charge in [-0.2, -0.15) is 0 Å². The maximum Gasteiger partial charge on any atom is 0.410 e. The second-order valence-corrected chi connectivity index (χ2v) is 7.02. The van der Waals surface area contributed by atoms with Gasteiger partial charge in [-0.3, -0.25) is 4.98 Å². The molecule has 0 aromatic carbocycles. The van der Waals surface area contributed by atoms with Crippen LogP contribution in [-0.4, -0.2) is 41.2 Å². The summed E-state index contributed by atoms with van der Waals surface area (Å²) < 4.78 is 5.46. The van der Waals surface area contributed by atoms with Gasteiger partial charge in [-0.1, -0.05) is 0 Å². The second-order valence-electron chi connectivity index (χ2n) is 7.02. The topological polar surface area (TPSA) is 54.5 Å². The van der Waals surface area contributed by atoms with Crippen molar-refractivity contribution in [2.24, 2.45) is 0 Å². The van der Waals surface area contributed by atoms with Crippen molar-refractivity contribution in [1.29, 1.82) is 0 Å². The van der Waals surface area contributed by atoms with E-state index in [2.05, 4.69) is 16.4 Å². The number of anilines is 1. The lowest BCUT2D eigenvalue weighted by molar-refractivity contribution is 0.0172. The van der Waals surface area contributed by atoms with E-state index in [-0.39, 0.29) is 11.5 Å². The van der Waals surface area contributed by atoms with Crippen molar-refractivity contribution in [2.45, 2.75) is 44.6 Å². The summed E-state index contributed by atoms with van der Waals surface area (Å²) in [5.74, 6) is 0. The summed E-state index contributed by atoms with van der Waals surface area (Å²) in [7, 11) is 0. The highest BCUT2D eigenvalue weighted by molar-refractivity contribution is 5.68. The summed E-state index contributed by atoms with van der Waals surface area (Å²) in [5.41, 5.74) is 2.21. The Morgan fingerprint density at radius 3 is 2.76 bits per heavy atom. The molecule has 21 heavy (non-hydrogen) atoms. The largest absolute Gasteiger partial charge is 0.444 e. The summed E-state index contributed by atoms with van der Waals surface area (Å²) in [4.78, 5) is 18.1. The second kappa shape index (κ2) is 4.90. The van der Waals surface area contributed by atoms with Crippen LogP contribution in [0.1, 0.15) is 39.2 Å². The first-order chi connectivity index (χ1) is 9.90. The van der Waals surface area contributed by atoms with Gasteiger partial charge in [0.15, 0.2) is 0 Å². The Kier molecular flexibility index (Phi) is 3.30. The van der Waals surface area contributed by atoms with Crippen molar-refractivity contribution < 1.29 is 9.53 Å². The lowest BCUT2D eigenvalue weighted by Crippen LogP contribution is -2.47. The van der Waals surface area contributed by atoms with E-state index in [1.807, 2.05) is 38.1 Å². The summed E-state index contributed by atoms with van der Waals surface area (Å²) in [5, 5.41) is 3.45. The zero-order valence-electron chi connectivity index (χ0n) is 13.0. The third kappa shape index (κ3) is 2.69. The number of hydrogen-bond acceptors (Lipinski definition) is 4. The lowest BCUT2D eigenvalue weighted by Gasteiger charge is -2.39. The maximum atomic E-state index is 12.1. The number of pyridine rings is 1. The van der Waals surface area contributed by atoms with Gasteiger partial charge in [-0.25, -0.2) is 4.79 Å². The standard InChI is InChI=1S/C16H23N3O2/c1-15(2,3)21-14(20)19-8-5-16(6-9-19)11-18-13-10-17-7-4-12(13)16/h4,7,10,18H,5-6,8-9,11H2,1-3H3. The Bertz CT molecular complexity index is 543. The third-order valence-corrected chi connectivity index (χ3v) is 4.38. The number of amides is 1. The number of carbonyl (C=O) groups is 1. The fourth-order valence-corrected chi connectivity index (χ4v) is 3.25. The fraction of sp³-hybridized carbons (Fsp3) is 0.625. The van der Waals surface area contributed by atoms with Crippen molar-refractivity contribution in [3.05, 3.63) is 24.0 Å². The van der Waals surface area contributed by atoms with Crippen molar-refractivity contribution in [3.63, 3.8) is 0 Å². The first kappa shape index (κ1) is 14.2. The molecule has 1 saturated heterocycles. The van der Waals surface area contributed by atoms with Crippen LogP contribution in [0.25, 0.3) is 0 Å². The minimum atomic E-state index is -0.431. The maximum absolute atomic E-state index is 12.1. The van der Waals surface area contributed by atoms with E-state index in [1.165, 1.54) is 5.56 Å². The van der Waals surface area contributed by atoms with Gasteiger partial charge in [0.1, 0.15) is 5.60 Å². The monoisotopic (exact) mass is 289 g/mol. The van der Waals surface area contributed by atoms with E-state index in [0.717, 1.165) is 38.2 Å². The fourth-order valence-electron chi connectivity index (χ4n) is 3.25. The molecule has 1 spiro atoms. The van der Waals surface area contributed by atoms with Crippen LogP contribution >= 0.6 is 0 Å². The lowest BCUT2D eigenvalue weighted by atomic mass is 9.74. The number of fused-ring (bicyclic) bond motifs is 2. The zero-order valence-corrected chi connectivity index (χ0v) is 13.0. The number of piperidine rings is 1. The molecule has 0 radical (unpaired) electrons. The molecule has 0 atom stereocenters. The Morgan fingerprint density at radius 1 is 1.38 bits per heavy atom. The van der Waals surface area contributed by atoms with Crippen LogP contribution in [0.15, 0.2) is 18.5 Å². The van der Waals surface area contributed by atoms with Gasteiger partial charge in [-0.05, 0) is 45.2 Å². The highest BCUT2D eigenvalue weighted by Crippen LogP contribution is 2.43. The molecule has 5 nitrogen and oxygen atoms in total. The van der Waals surface area contributed by atoms with Crippen LogP contribution in [0.5, 0.6) is 0 Å². The average molecular weight is 289 g/mol.